The van der Waals surface area contributed by atoms with Crippen molar-refractivity contribution in [1.82, 2.24) is 5.32 Å². The maximum atomic E-state index is 10.6. The fourth-order valence-corrected chi connectivity index (χ4v) is 0.424. The predicted molar refractivity (Wildman–Crippen MR) is 39.7 cm³/mol. The number of ether oxygens (including phenoxy) is 1. The first-order valence-corrected chi connectivity index (χ1v) is 3.63. The molecule has 64 valence electrons. The highest BCUT2D eigenvalue weighted by Crippen LogP contribution is 1.82. The van der Waals surface area contributed by atoms with Gasteiger partial charge < -0.3 is 10.1 Å². The molecule has 0 fully saturated rings. The Morgan fingerprint density at radius 3 is 2.36 bits per heavy atom. The van der Waals surface area contributed by atoms with Crippen molar-refractivity contribution in [1.29, 1.82) is 0 Å². The quantitative estimate of drug-likeness (QED) is 0.478. The molecule has 0 saturated carbocycles. The number of esters is 1. The number of carbonyl (C=O) groups is 2. The first kappa shape index (κ1) is 9.94. The van der Waals surface area contributed by atoms with Crippen LogP contribution in [-0.4, -0.2) is 18.6 Å². The molecule has 0 atom stereocenters. The topological polar surface area (TPSA) is 55.4 Å². The minimum absolute atomic E-state index is 0.0145. The zero-order valence-electron chi connectivity index (χ0n) is 6.85. The number of hydrogen-bond donors (Lipinski definition) is 1. The Labute approximate surface area is 65.9 Å². The van der Waals surface area contributed by atoms with Crippen molar-refractivity contribution in [2.45, 2.75) is 26.7 Å². The maximum Gasteiger partial charge on any atom is 0.307 e. The van der Waals surface area contributed by atoms with Gasteiger partial charge in [-0.25, -0.2) is 0 Å². The van der Waals surface area contributed by atoms with Crippen LogP contribution in [0.15, 0.2) is 0 Å². The van der Waals surface area contributed by atoms with E-state index < -0.39 is 0 Å². The third kappa shape index (κ3) is 5.39. The average molecular weight is 159 g/mol. The van der Waals surface area contributed by atoms with Gasteiger partial charge in [0, 0.05) is 12.8 Å². The fraction of sp³-hybridized carbons (Fsp3) is 0.714. The minimum Gasteiger partial charge on any atom is -0.444 e. The van der Waals surface area contributed by atoms with E-state index in [-0.39, 0.29) is 18.6 Å². The molecule has 0 heterocycles. The zero-order valence-corrected chi connectivity index (χ0v) is 6.85. The van der Waals surface area contributed by atoms with E-state index in [0.29, 0.717) is 12.8 Å². The van der Waals surface area contributed by atoms with Crippen LogP contribution in [0.1, 0.15) is 26.7 Å². The normalized spacial score (nSPS) is 8.91. The highest BCUT2D eigenvalue weighted by molar-refractivity contribution is 5.75. The number of nitrogens with one attached hydrogen (secondary N) is 1. The molecular weight excluding hydrogens is 146 g/mol. The lowest BCUT2D eigenvalue weighted by Crippen LogP contribution is -2.26. The summed E-state index contributed by atoms with van der Waals surface area (Å²) in [7, 11) is 0. The van der Waals surface area contributed by atoms with Crippen LogP contribution in [0.2, 0.25) is 0 Å². The lowest BCUT2D eigenvalue weighted by molar-refractivity contribution is -0.144. The van der Waals surface area contributed by atoms with Crippen molar-refractivity contribution in [3.63, 3.8) is 0 Å². The molecule has 1 N–H and O–H groups in total. The first-order chi connectivity index (χ1) is 5.20. The van der Waals surface area contributed by atoms with Gasteiger partial charge in [0.05, 0.1) is 0 Å². The van der Waals surface area contributed by atoms with Crippen LogP contribution in [0.4, 0.5) is 0 Å². The van der Waals surface area contributed by atoms with Crippen molar-refractivity contribution >= 4 is 11.9 Å². The maximum absolute atomic E-state index is 10.6. The third-order valence-corrected chi connectivity index (χ3v) is 1.11. The molecule has 0 aromatic heterocycles. The Kier molecular flexibility index (Phi) is 5.15. The van der Waals surface area contributed by atoms with E-state index in [4.69, 9.17) is 0 Å². The molecule has 0 aromatic carbocycles. The van der Waals surface area contributed by atoms with Gasteiger partial charge in [-0.1, -0.05) is 13.8 Å². The molecule has 4 heteroatoms. The molecule has 0 rings (SSSR count). The van der Waals surface area contributed by atoms with E-state index in [1.54, 1.807) is 13.8 Å². The summed E-state index contributed by atoms with van der Waals surface area (Å²) < 4.78 is 4.59. The monoisotopic (exact) mass is 159 g/mol. The molecule has 0 aromatic rings. The van der Waals surface area contributed by atoms with E-state index >= 15 is 0 Å². The van der Waals surface area contributed by atoms with Crippen molar-refractivity contribution in [3.8, 4) is 0 Å². The van der Waals surface area contributed by atoms with Crippen molar-refractivity contribution < 1.29 is 14.3 Å². The van der Waals surface area contributed by atoms with Gasteiger partial charge in [0.2, 0.25) is 5.91 Å². The highest BCUT2D eigenvalue weighted by atomic mass is 16.5. The van der Waals surface area contributed by atoms with E-state index in [2.05, 4.69) is 10.1 Å². The Morgan fingerprint density at radius 1 is 1.27 bits per heavy atom. The lowest BCUT2D eigenvalue weighted by atomic mass is 10.5. The molecule has 0 bridgehead atoms. The Morgan fingerprint density at radius 2 is 1.91 bits per heavy atom. The van der Waals surface area contributed by atoms with Gasteiger partial charge >= 0.3 is 5.97 Å². The van der Waals surface area contributed by atoms with E-state index in [0.717, 1.165) is 0 Å². The molecule has 4 nitrogen and oxygen atoms in total. The third-order valence-electron chi connectivity index (χ3n) is 1.11. The van der Waals surface area contributed by atoms with Gasteiger partial charge in [0.15, 0.2) is 6.73 Å². The summed E-state index contributed by atoms with van der Waals surface area (Å²) in [6, 6.07) is 0. The van der Waals surface area contributed by atoms with Gasteiger partial charge in [0.25, 0.3) is 0 Å². The van der Waals surface area contributed by atoms with E-state index in [1.165, 1.54) is 0 Å². The molecule has 0 saturated heterocycles. The summed E-state index contributed by atoms with van der Waals surface area (Å²) in [4.78, 5) is 21.1. The van der Waals surface area contributed by atoms with Crippen LogP contribution in [0.25, 0.3) is 0 Å². The van der Waals surface area contributed by atoms with Crippen LogP contribution < -0.4 is 5.32 Å². The average Bonchev–Trinajstić information content (AvgIpc) is 2.04. The molecule has 0 aliphatic rings. The summed E-state index contributed by atoms with van der Waals surface area (Å²) in [5.74, 6) is -0.421. The molecule has 0 aliphatic heterocycles. The molecule has 11 heavy (non-hydrogen) atoms. The van der Waals surface area contributed by atoms with Crippen molar-refractivity contribution in [3.05, 3.63) is 0 Å². The Bertz CT molecular complexity index is 129. The van der Waals surface area contributed by atoms with E-state index in [9.17, 15) is 9.59 Å². The van der Waals surface area contributed by atoms with Crippen LogP contribution in [0.5, 0.6) is 0 Å². The number of rotatable bonds is 4. The minimum atomic E-state index is -0.304. The van der Waals surface area contributed by atoms with Gasteiger partial charge in [-0.2, -0.15) is 0 Å². The van der Waals surface area contributed by atoms with E-state index in [1.807, 2.05) is 0 Å². The molecule has 0 unspecified atom stereocenters. The lowest BCUT2D eigenvalue weighted by Gasteiger charge is -2.03. The largest absolute Gasteiger partial charge is 0.444 e. The number of carbonyl (C=O) groups excluding carboxylic acids is 2. The van der Waals surface area contributed by atoms with Crippen LogP contribution >= 0.6 is 0 Å². The summed E-state index contributed by atoms with van der Waals surface area (Å²) in [6.07, 6.45) is 0.742. The summed E-state index contributed by atoms with van der Waals surface area (Å²) in [6.45, 7) is 3.42. The molecule has 1 amide bonds. The van der Waals surface area contributed by atoms with Gasteiger partial charge in [-0.3, -0.25) is 9.59 Å². The van der Waals surface area contributed by atoms with Crippen LogP contribution in [-0.2, 0) is 14.3 Å². The predicted octanol–water partition coefficient (Wildman–Crippen LogP) is 0.423. The number of amides is 1. The smallest absolute Gasteiger partial charge is 0.307 e. The summed E-state index contributed by atoms with van der Waals surface area (Å²) in [5.41, 5.74) is 0. The van der Waals surface area contributed by atoms with Crippen LogP contribution in [0.3, 0.4) is 0 Å². The van der Waals surface area contributed by atoms with Crippen LogP contribution in [0, 0.1) is 0 Å². The molecule has 0 spiro atoms. The molecular formula is C7H13NO3. The first-order valence-electron chi connectivity index (χ1n) is 3.63. The van der Waals surface area contributed by atoms with Crippen molar-refractivity contribution in [2.75, 3.05) is 6.73 Å². The fourth-order valence-electron chi connectivity index (χ4n) is 0.424. The van der Waals surface area contributed by atoms with Gasteiger partial charge in [-0.15, -0.1) is 0 Å². The van der Waals surface area contributed by atoms with Gasteiger partial charge in [-0.05, 0) is 0 Å². The van der Waals surface area contributed by atoms with Crippen molar-refractivity contribution in [2.24, 2.45) is 0 Å². The second kappa shape index (κ2) is 5.70. The Hall–Kier alpha value is -1.06. The SMILES string of the molecule is CCC(=O)NCOC(=O)CC. The zero-order chi connectivity index (χ0) is 8.69. The standard InChI is InChI=1S/C7H13NO3/c1-3-6(9)8-5-11-7(10)4-2/h3-5H2,1-2H3,(H,8,9). The van der Waals surface area contributed by atoms with Gasteiger partial charge in [0.1, 0.15) is 0 Å². The second-order valence-corrected chi connectivity index (χ2v) is 1.97. The highest BCUT2D eigenvalue weighted by Gasteiger charge is 1.98. The summed E-state index contributed by atoms with van der Waals surface area (Å²) >= 11 is 0. The molecule has 0 radical (unpaired) electrons. The second-order valence-electron chi connectivity index (χ2n) is 1.97. The number of hydrogen-bond acceptors (Lipinski definition) is 3. The molecule has 0 aliphatic carbocycles. The summed E-state index contributed by atoms with van der Waals surface area (Å²) in [5, 5.41) is 2.42. The Balaban J connectivity index is 3.27.